The first-order valence-electron chi connectivity index (χ1n) is 5.81. The van der Waals surface area contributed by atoms with Crippen LogP contribution in [0.25, 0.3) is 11.6 Å². The van der Waals surface area contributed by atoms with Crippen molar-refractivity contribution in [3.8, 4) is 0 Å². The van der Waals surface area contributed by atoms with Crippen molar-refractivity contribution in [2.75, 3.05) is 0 Å². The van der Waals surface area contributed by atoms with E-state index in [1.165, 1.54) is 11.6 Å². The van der Waals surface area contributed by atoms with Gasteiger partial charge in [0, 0.05) is 11.1 Å². The van der Waals surface area contributed by atoms with Crippen molar-refractivity contribution < 1.29 is 9.18 Å². The average molecular weight is 238 g/mol. The van der Waals surface area contributed by atoms with Crippen LogP contribution in [0, 0.1) is 5.82 Å². The minimum Gasteiger partial charge on any atom is -0.298 e. The molecular weight excluding hydrogens is 227 g/mol. The molecule has 0 aromatic heterocycles. The number of hydrogen-bond acceptors (Lipinski definition) is 1. The molecule has 3 rings (SSSR count). The molecule has 0 fully saturated rings. The zero-order valence-corrected chi connectivity index (χ0v) is 9.69. The zero-order valence-electron chi connectivity index (χ0n) is 9.69. The van der Waals surface area contributed by atoms with E-state index < -0.39 is 0 Å². The molecule has 0 aliphatic heterocycles. The maximum Gasteiger partial charge on any atom is 0.150 e. The van der Waals surface area contributed by atoms with E-state index >= 15 is 0 Å². The van der Waals surface area contributed by atoms with E-state index in [2.05, 4.69) is 6.07 Å². The lowest BCUT2D eigenvalue weighted by Crippen LogP contribution is -1.92. The molecule has 2 heteroatoms. The Labute approximate surface area is 105 Å². The first kappa shape index (κ1) is 10.9. The Kier molecular flexibility index (Phi) is 2.56. The zero-order chi connectivity index (χ0) is 12.5. The molecule has 0 saturated carbocycles. The highest BCUT2D eigenvalue weighted by atomic mass is 19.1. The van der Waals surface area contributed by atoms with Gasteiger partial charge >= 0.3 is 0 Å². The molecule has 1 aliphatic rings. The fourth-order valence-electron chi connectivity index (χ4n) is 2.32. The minimum absolute atomic E-state index is 0.335. The standard InChI is InChI=1S/C16H11FO/c17-16-7-11(10-18)5-6-15(16)14-8-12-3-1-2-4-13(12)9-14/h1-8,10H,9H2. The van der Waals surface area contributed by atoms with E-state index in [0.29, 0.717) is 17.4 Å². The number of benzene rings is 2. The van der Waals surface area contributed by atoms with Gasteiger partial charge in [0.25, 0.3) is 0 Å². The molecule has 18 heavy (non-hydrogen) atoms. The lowest BCUT2D eigenvalue weighted by molar-refractivity contribution is 0.112. The maximum atomic E-state index is 13.9. The number of carbonyl (C=O) groups is 1. The Hall–Kier alpha value is -2.22. The number of aldehydes is 1. The summed E-state index contributed by atoms with van der Waals surface area (Å²) >= 11 is 0. The molecular formula is C16H11FO. The van der Waals surface area contributed by atoms with Gasteiger partial charge in [-0.3, -0.25) is 4.79 Å². The monoisotopic (exact) mass is 238 g/mol. The van der Waals surface area contributed by atoms with Gasteiger partial charge in [0.05, 0.1) is 0 Å². The smallest absolute Gasteiger partial charge is 0.150 e. The van der Waals surface area contributed by atoms with Crippen LogP contribution < -0.4 is 0 Å². The summed E-state index contributed by atoms with van der Waals surface area (Å²) in [5.41, 5.74) is 4.27. The van der Waals surface area contributed by atoms with Crippen LogP contribution in [0.2, 0.25) is 0 Å². The SMILES string of the molecule is O=Cc1ccc(C2=Cc3ccccc3C2)c(F)c1. The van der Waals surface area contributed by atoms with Crippen LogP contribution in [-0.2, 0) is 6.42 Å². The van der Waals surface area contributed by atoms with Gasteiger partial charge in [0.1, 0.15) is 12.1 Å². The van der Waals surface area contributed by atoms with Gasteiger partial charge in [0.15, 0.2) is 0 Å². The summed E-state index contributed by atoms with van der Waals surface area (Å²) in [6.45, 7) is 0. The van der Waals surface area contributed by atoms with Crippen molar-refractivity contribution >= 4 is 17.9 Å². The summed E-state index contributed by atoms with van der Waals surface area (Å²) < 4.78 is 13.9. The van der Waals surface area contributed by atoms with Gasteiger partial charge in [-0.1, -0.05) is 42.5 Å². The molecule has 0 atom stereocenters. The van der Waals surface area contributed by atoms with Crippen molar-refractivity contribution in [3.63, 3.8) is 0 Å². The molecule has 1 nitrogen and oxygen atoms in total. The molecule has 88 valence electrons. The summed E-state index contributed by atoms with van der Waals surface area (Å²) in [5, 5.41) is 0. The molecule has 0 unspecified atom stereocenters. The molecule has 0 N–H and O–H groups in total. The normalized spacial score (nSPS) is 13.1. The molecule has 0 spiro atoms. The fraction of sp³-hybridized carbons (Fsp3) is 0.0625. The van der Waals surface area contributed by atoms with Crippen LogP contribution in [0.3, 0.4) is 0 Å². The lowest BCUT2D eigenvalue weighted by Gasteiger charge is -2.04. The Morgan fingerprint density at radius 3 is 2.67 bits per heavy atom. The molecule has 0 amide bonds. The number of halogens is 1. The van der Waals surface area contributed by atoms with Crippen LogP contribution in [0.5, 0.6) is 0 Å². The summed E-state index contributed by atoms with van der Waals surface area (Å²) in [7, 11) is 0. The van der Waals surface area contributed by atoms with Gasteiger partial charge in [-0.05, 0) is 29.2 Å². The summed E-state index contributed by atoms with van der Waals surface area (Å²) in [6, 6.07) is 12.7. The van der Waals surface area contributed by atoms with Crippen LogP contribution in [0.15, 0.2) is 42.5 Å². The molecule has 0 saturated heterocycles. The topological polar surface area (TPSA) is 17.1 Å². The maximum absolute atomic E-state index is 13.9. The third-order valence-corrected chi connectivity index (χ3v) is 3.24. The highest BCUT2D eigenvalue weighted by Crippen LogP contribution is 2.32. The average Bonchev–Trinajstić information content (AvgIpc) is 2.81. The van der Waals surface area contributed by atoms with E-state index in [9.17, 15) is 9.18 Å². The predicted octanol–water partition coefficient (Wildman–Crippen LogP) is 3.73. The summed E-state index contributed by atoms with van der Waals surface area (Å²) in [5.74, 6) is -0.335. The van der Waals surface area contributed by atoms with Crippen molar-refractivity contribution in [1.29, 1.82) is 0 Å². The Bertz CT molecular complexity index is 656. The second-order valence-corrected chi connectivity index (χ2v) is 4.40. The van der Waals surface area contributed by atoms with Crippen molar-refractivity contribution in [1.82, 2.24) is 0 Å². The van der Waals surface area contributed by atoms with Gasteiger partial charge in [-0.2, -0.15) is 0 Å². The second kappa shape index (κ2) is 4.22. The second-order valence-electron chi connectivity index (χ2n) is 4.40. The van der Waals surface area contributed by atoms with Gasteiger partial charge in [-0.15, -0.1) is 0 Å². The van der Waals surface area contributed by atoms with Crippen molar-refractivity contribution in [2.45, 2.75) is 6.42 Å². The third-order valence-electron chi connectivity index (χ3n) is 3.24. The van der Waals surface area contributed by atoms with Crippen molar-refractivity contribution in [2.24, 2.45) is 0 Å². The number of hydrogen-bond donors (Lipinski definition) is 0. The highest BCUT2D eigenvalue weighted by Gasteiger charge is 2.16. The third kappa shape index (κ3) is 1.76. The molecule has 1 aliphatic carbocycles. The molecule has 0 heterocycles. The fourth-order valence-corrected chi connectivity index (χ4v) is 2.32. The largest absolute Gasteiger partial charge is 0.298 e. The van der Waals surface area contributed by atoms with E-state index in [-0.39, 0.29) is 5.82 Å². The van der Waals surface area contributed by atoms with Gasteiger partial charge < -0.3 is 0 Å². The van der Waals surface area contributed by atoms with Crippen molar-refractivity contribution in [3.05, 3.63) is 70.5 Å². The quantitative estimate of drug-likeness (QED) is 0.728. The van der Waals surface area contributed by atoms with E-state index in [1.807, 2.05) is 24.3 Å². The predicted molar refractivity (Wildman–Crippen MR) is 69.8 cm³/mol. The lowest BCUT2D eigenvalue weighted by atomic mass is 10.0. The molecule has 0 radical (unpaired) electrons. The number of rotatable bonds is 2. The minimum atomic E-state index is -0.335. The Morgan fingerprint density at radius 2 is 1.94 bits per heavy atom. The number of carbonyl (C=O) groups excluding carboxylic acids is 1. The highest BCUT2D eigenvalue weighted by molar-refractivity contribution is 5.89. The summed E-state index contributed by atoms with van der Waals surface area (Å²) in [6.07, 6.45) is 3.41. The van der Waals surface area contributed by atoms with Gasteiger partial charge in [-0.25, -0.2) is 4.39 Å². The first-order valence-corrected chi connectivity index (χ1v) is 5.81. The number of fused-ring (bicyclic) bond motifs is 1. The van der Waals surface area contributed by atoms with E-state index in [4.69, 9.17) is 0 Å². The molecule has 0 bridgehead atoms. The van der Waals surface area contributed by atoms with Crippen LogP contribution >= 0.6 is 0 Å². The van der Waals surface area contributed by atoms with Gasteiger partial charge in [0.2, 0.25) is 0 Å². The Balaban J connectivity index is 2.02. The first-order chi connectivity index (χ1) is 8.78. The molecule has 2 aromatic carbocycles. The van der Waals surface area contributed by atoms with E-state index in [0.717, 1.165) is 17.6 Å². The molecule has 2 aromatic rings. The summed E-state index contributed by atoms with van der Waals surface area (Å²) in [4.78, 5) is 10.6. The Morgan fingerprint density at radius 1 is 1.11 bits per heavy atom. The van der Waals surface area contributed by atoms with E-state index in [1.54, 1.807) is 12.1 Å². The van der Waals surface area contributed by atoms with Crippen LogP contribution in [-0.4, -0.2) is 6.29 Å². The van der Waals surface area contributed by atoms with Crippen LogP contribution in [0.4, 0.5) is 4.39 Å². The van der Waals surface area contributed by atoms with Crippen LogP contribution in [0.1, 0.15) is 27.0 Å². The number of allylic oxidation sites excluding steroid dienone is 1.